The highest BCUT2D eigenvalue weighted by molar-refractivity contribution is 6.12. The number of pyridine rings is 1. The van der Waals surface area contributed by atoms with E-state index in [1.165, 1.54) is 12.1 Å². The summed E-state index contributed by atoms with van der Waals surface area (Å²) in [5.74, 6) is -0.166. The summed E-state index contributed by atoms with van der Waals surface area (Å²) in [7, 11) is 0. The Hall–Kier alpha value is -1.78. The first-order chi connectivity index (χ1) is 6.66. The van der Waals surface area contributed by atoms with Gasteiger partial charge in [-0.05, 0) is 19.1 Å². The second-order valence-electron chi connectivity index (χ2n) is 3.00. The van der Waals surface area contributed by atoms with Crippen molar-refractivity contribution < 1.29 is 9.18 Å². The predicted octanol–water partition coefficient (Wildman–Crippen LogP) is 0.486. The van der Waals surface area contributed by atoms with Crippen LogP contribution in [0.4, 0.5) is 4.39 Å². The number of halogens is 1. The minimum Gasteiger partial charge on any atom is -0.307 e. The van der Waals surface area contributed by atoms with Gasteiger partial charge < -0.3 is 5.32 Å². The van der Waals surface area contributed by atoms with Crippen LogP contribution in [0.1, 0.15) is 12.6 Å². The Kier molecular flexibility index (Phi) is 1.99. The molecule has 1 unspecified atom stereocenters. The van der Waals surface area contributed by atoms with E-state index < -0.39 is 11.9 Å². The molecule has 1 aliphatic heterocycles. The van der Waals surface area contributed by atoms with Crippen LogP contribution in [0, 0.1) is 5.82 Å². The molecule has 0 aliphatic carbocycles. The summed E-state index contributed by atoms with van der Waals surface area (Å²) in [6.07, 6.45) is 1.09. The number of carbonyl (C=O) groups excluding carboxylic acids is 1. The second kappa shape index (κ2) is 3.17. The van der Waals surface area contributed by atoms with E-state index in [1.807, 2.05) is 0 Å². The van der Waals surface area contributed by atoms with Crippen molar-refractivity contribution in [3.05, 3.63) is 29.8 Å². The summed E-state index contributed by atoms with van der Waals surface area (Å²) >= 11 is 0. The number of hydrogen-bond acceptors (Lipinski definition) is 3. The fourth-order valence-corrected chi connectivity index (χ4v) is 1.15. The lowest BCUT2D eigenvalue weighted by molar-refractivity contribution is -0.119. The molecule has 72 valence electrons. The molecule has 0 bridgehead atoms. The van der Waals surface area contributed by atoms with Crippen LogP contribution in [0.15, 0.2) is 23.3 Å². The van der Waals surface area contributed by atoms with Gasteiger partial charge in [0.1, 0.15) is 17.6 Å². The summed E-state index contributed by atoms with van der Waals surface area (Å²) in [6.45, 7) is 1.69. The molecule has 1 aromatic heterocycles. The molecule has 0 aromatic carbocycles. The van der Waals surface area contributed by atoms with E-state index in [1.54, 1.807) is 6.92 Å². The number of nitrogens with zero attached hydrogens (tertiary/aromatic N) is 2. The molecular formula is C9H8FN3O. The van der Waals surface area contributed by atoms with E-state index in [0.717, 1.165) is 6.20 Å². The first kappa shape index (κ1) is 8.80. The topological polar surface area (TPSA) is 54.4 Å². The first-order valence-electron chi connectivity index (χ1n) is 4.17. The lowest BCUT2D eigenvalue weighted by Crippen LogP contribution is -2.28. The van der Waals surface area contributed by atoms with E-state index in [0.29, 0.717) is 11.5 Å². The van der Waals surface area contributed by atoms with Crippen molar-refractivity contribution in [2.75, 3.05) is 0 Å². The molecule has 1 aromatic rings. The van der Waals surface area contributed by atoms with Crippen molar-refractivity contribution in [2.24, 2.45) is 4.99 Å². The van der Waals surface area contributed by atoms with Gasteiger partial charge in [0.15, 0.2) is 5.84 Å². The third kappa shape index (κ3) is 1.48. The summed E-state index contributed by atoms with van der Waals surface area (Å²) in [5, 5.41) is 2.57. The van der Waals surface area contributed by atoms with Crippen molar-refractivity contribution in [1.29, 1.82) is 0 Å². The number of aliphatic imine (C=N–C) groups is 1. The zero-order valence-electron chi connectivity index (χ0n) is 7.49. The molecule has 1 aliphatic rings. The number of carbonyl (C=O) groups is 1. The fraction of sp³-hybridized carbons (Fsp3) is 0.222. The molecule has 14 heavy (non-hydrogen) atoms. The molecule has 1 amide bonds. The van der Waals surface area contributed by atoms with Crippen LogP contribution in [0.2, 0.25) is 0 Å². The minimum absolute atomic E-state index is 0.161. The van der Waals surface area contributed by atoms with Gasteiger partial charge in [-0.15, -0.1) is 0 Å². The van der Waals surface area contributed by atoms with Crippen LogP contribution < -0.4 is 5.32 Å². The van der Waals surface area contributed by atoms with E-state index in [2.05, 4.69) is 15.3 Å². The summed E-state index contributed by atoms with van der Waals surface area (Å²) in [6, 6.07) is 2.36. The van der Waals surface area contributed by atoms with Gasteiger partial charge in [0.05, 0.1) is 6.20 Å². The largest absolute Gasteiger partial charge is 0.307 e. The third-order valence-electron chi connectivity index (χ3n) is 1.91. The van der Waals surface area contributed by atoms with Crippen molar-refractivity contribution in [3.8, 4) is 0 Å². The SMILES string of the molecule is CC1N=C(c2ccc(F)cn2)NC1=O. The van der Waals surface area contributed by atoms with E-state index in [4.69, 9.17) is 0 Å². The van der Waals surface area contributed by atoms with Crippen LogP contribution in [0.25, 0.3) is 0 Å². The van der Waals surface area contributed by atoms with Gasteiger partial charge in [0, 0.05) is 0 Å². The summed E-state index contributed by atoms with van der Waals surface area (Å²) in [5.41, 5.74) is 0.476. The monoisotopic (exact) mass is 193 g/mol. The molecule has 1 N–H and O–H groups in total. The zero-order chi connectivity index (χ0) is 10.1. The Balaban J connectivity index is 2.29. The average molecular weight is 193 g/mol. The van der Waals surface area contributed by atoms with Gasteiger partial charge in [-0.3, -0.25) is 9.79 Å². The molecule has 0 spiro atoms. The molecule has 0 saturated heterocycles. The van der Waals surface area contributed by atoms with Crippen molar-refractivity contribution in [1.82, 2.24) is 10.3 Å². The van der Waals surface area contributed by atoms with Gasteiger partial charge in [0.2, 0.25) is 5.91 Å². The molecule has 2 heterocycles. The summed E-state index contributed by atoms with van der Waals surface area (Å²) in [4.78, 5) is 18.9. The summed E-state index contributed by atoms with van der Waals surface area (Å²) < 4.78 is 12.5. The fourth-order valence-electron chi connectivity index (χ4n) is 1.15. The Morgan fingerprint density at radius 1 is 1.50 bits per heavy atom. The minimum atomic E-state index is -0.410. The number of hydrogen-bond donors (Lipinski definition) is 1. The smallest absolute Gasteiger partial charge is 0.250 e. The van der Waals surface area contributed by atoms with Gasteiger partial charge in [0.25, 0.3) is 0 Å². The average Bonchev–Trinajstić information content (AvgIpc) is 2.48. The van der Waals surface area contributed by atoms with Gasteiger partial charge in [-0.1, -0.05) is 0 Å². The predicted molar refractivity (Wildman–Crippen MR) is 48.3 cm³/mol. The highest BCUT2D eigenvalue weighted by Gasteiger charge is 2.23. The molecule has 0 fully saturated rings. The number of aromatic nitrogens is 1. The maximum absolute atomic E-state index is 12.5. The van der Waals surface area contributed by atoms with Gasteiger partial charge >= 0.3 is 0 Å². The first-order valence-corrected chi connectivity index (χ1v) is 4.17. The number of amidine groups is 1. The van der Waals surface area contributed by atoms with Gasteiger partial charge in [-0.2, -0.15) is 0 Å². The van der Waals surface area contributed by atoms with Crippen molar-refractivity contribution in [2.45, 2.75) is 13.0 Å². The molecule has 0 saturated carbocycles. The number of rotatable bonds is 1. The Bertz CT molecular complexity index is 399. The molecular weight excluding hydrogens is 185 g/mol. The Morgan fingerprint density at radius 3 is 2.79 bits per heavy atom. The number of amides is 1. The second-order valence-corrected chi connectivity index (χ2v) is 3.00. The molecule has 2 rings (SSSR count). The maximum atomic E-state index is 12.5. The maximum Gasteiger partial charge on any atom is 0.250 e. The Morgan fingerprint density at radius 2 is 2.29 bits per heavy atom. The number of nitrogens with one attached hydrogen (secondary N) is 1. The standard InChI is InChI=1S/C9H8FN3O/c1-5-9(14)13-8(12-5)7-3-2-6(10)4-11-7/h2-5H,1H3,(H,12,13,14). The van der Waals surface area contributed by atoms with Crippen molar-refractivity contribution >= 4 is 11.7 Å². The highest BCUT2D eigenvalue weighted by Crippen LogP contribution is 2.05. The quantitative estimate of drug-likeness (QED) is 0.705. The zero-order valence-corrected chi connectivity index (χ0v) is 7.49. The molecule has 5 heteroatoms. The van der Waals surface area contributed by atoms with Gasteiger partial charge in [-0.25, -0.2) is 9.37 Å². The van der Waals surface area contributed by atoms with Crippen LogP contribution in [0.3, 0.4) is 0 Å². The Labute approximate surface area is 79.9 Å². The van der Waals surface area contributed by atoms with Crippen LogP contribution >= 0.6 is 0 Å². The lowest BCUT2D eigenvalue weighted by Gasteiger charge is -1.98. The van der Waals surface area contributed by atoms with Crippen molar-refractivity contribution in [3.63, 3.8) is 0 Å². The normalized spacial score (nSPS) is 20.6. The molecule has 1 atom stereocenters. The van der Waals surface area contributed by atoms with E-state index >= 15 is 0 Å². The highest BCUT2D eigenvalue weighted by atomic mass is 19.1. The lowest BCUT2D eigenvalue weighted by atomic mass is 10.3. The third-order valence-corrected chi connectivity index (χ3v) is 1.91. The van der Waals surface area contributed by atoms with Crippen LogP contribution in [-0.4, -0.2) is 22.8 Å². The van der Waals surface area contributed by atoms with E-state index in [9.17, 15) is 9.18 Å². The molecule has 0 radical (unpaired) electrons. The molecule has 4 nitrogen and oxygen atoms in total. The van der Waals surface area contributed by atoms with Crippen LogP contribution in [-0.2, 0) is 4.79 Å². The van der Waals surface area contributed by atoms with E-state index in [-0.39, 0.29) is 5.91 Å². The van der Waals surface area contributed by atoms with Crippen LogP contribution in [0.5, 0.6) is 0 Å².